The molecule has 0 saturated heterocycles. The first-order chi connectivity index (χ1) is 7.97. The molecule has 0 saturated carbocycles. The summed E-state index contributed by atoms with van der Waals surface area (Å²) in [5.41, 5.74) is 0.971. The van der Waals surface area contributed by atoms with Crippen LogP contribution in [-0.2, 0) is 9.84 Å². The maximum Gasteiger partial charge on any atom is 0.175 e. The van der Waals surface area contributed by atoms with Gasteiger partial charge in [-0.3, -0.25) is 0 Å². The predicted octanol–water partition coefficient (Wildman–Crippen LogP) is 2.64. The van der Waals surface area contributed by atoms with Gasteiger partial charge in [-0.1, -0.05) is 6.92 Å². The lowest BCUT2D eigenvalue weighted by Crippen LogP contribution is -2.20. The van der Waals surface area contributed by atoms with Crippen molar-refractivity contribution in [3.63, 3.8) is 0 Å². The molecule has 0 fully saturated rings. The van der Waals surface area contributed by atoms with Crippen molar-refractivity contribution in [1.82, 2.24) is 0 Å². The summed E-state index contributed by atoms with van der Waals surface area (Å²) in [5.74, 6) is 1.05. The van der Waals surface area contributed by atoms with Crippen molar-refractivity contribution in [2.24, 2.45) is 0 Å². The van der Waals surface area contributed by atoms with Crippen molar-refractivity contribution < 1.29 is 8.42 Å². The molecule has 0 aliphatic carbocycles. The van der Waals surface area contributed by atoms with E-state index in [9.17, 15) is 8.42 Å². The van der Waals surface area contributed by atoms with Crippen LogP contribution in [0, 0.1) is 0 Å². The minimum Gasteiger partial charge on any atom is -0.381 e. The standard InChI is InChI=1S/C12H19NO2S2/c1-4-10(9-16-2)13-11-5-7-12(8-6-11)17(3,14)15/h5-8,10,13H,4,9H2,1-3H3. The third-order valence-corrected chi connectivity index (χ3v) is 4.38. The van der Waals surface area contributed by atoms with Crippen LogP contribution < -0.4 is 5.32 Å². The average Bonchev–Trinajstić information content (AvgIpc) is 2.28. The van der Waals surface area contributed by atoms with Crippen molar-refractivity contribution in [2.75, 3.05) is 23.6 Å². The number of hydrogen-bond acceptors (Lipinski definition) is 4. The number of sulfone groups is 1. The minimum atomic E-state index is -3.10. The molecule has 0 heterocycles. The Morgan fingerprint density at radius 1 is 1.29 bits per heavy atom. The number of benzene rings is 1. The Hall–Kier alpha value is -0.680. The third kappa shape index (κ3) is 4.60. The van der Waals surface area contributed by atoms with Crippen LogP contribution in [0.25, 0.3) is 0 Å². The second kappa shape index (κ2) is 6.31. The fourth-order valence-electron chi connectivity index (χ4n) is 1.50. The Labute approximate surface area is 108 Å². The molecule has 0 spiro atoms. The molecule has 1 aromatic rings. The summed E-state index contributed by atoms with van der Waals surface area (Å²) >= 11 is 1.80. The van der Waals surface area contributed by atoms with Crippen molar-refractivity contribution in [1.29, 1.82) is 0 Å². The van der Waals surface area contributed by atoms with Crippen molar-refractivity contribution in [2.45, 2.75) is 24.3 Å². The number of thioether (sulfide) groups is 1. The van der Waals surface area contributed by atoms with Crippen molar-refractivity contribution in [3.8, 4) is 0 Å². The molecular weight excluding hydrogens is 254 g/mol. The Balaban J connectivity index is 2.74. The summed E-state index contributed by atoms with van der Waals surface area (Å²) in [4.78, 5) is 0.362. The molecule has 0 aliphatic heterocycles. The van der Waals surface area contributed by atoms with Crippen LogP contribution in [0.15, 0.2) is 29.2 Å². The first-order valence-corrected chi connectivity index (χ1v) is 8.81. The monoisotopic (exact) mass is 273 g/mol. The van der Waals surface area contributed by atoms with E-state index >= 15 is 0 Å². The van der Waals surface area contributed by atoms with Crippen molar-refractivity contribution in [3.05, 3.63) is 24.3 Å². The quantitative estimate of drug-likeness (QED) is 0.865. The second-order valence-corrected chi connectivity index (χ2v) is 6.93. The van der Waals surface area contributed by atoms with Crippen LogP contribution >= 0.6 is 11.8 Å². The highest BCUT2D eigenvalue weighted by molar-refractivity contribution is 7.98. The lowest BCUT2D eigenvalue weighted by molar-refractivity contribution is 0.602. The van der Waals surface area contributed by atoms with E-state index < -0.39 is 9.84 Å². The van der Waals surface area contributed by atoms with Gasteiger partial charge < -0.3 is 5.32 Å². The third-order valence-electron chi connectivity index (χ3n) is 2.51. The fraction of sp³-hybridized carbons (Fsp3) is 0.500. The zero-order valence-corrected chi connectivity index (χ0v) is 12.1. The smallest absolute Gasteiger partial charge is 0.175 e. The molecule has 0 aliphatic rings. The summed E-state index contributed by atoms with van der Waals surface area (Å²) in [6.07, 6.45) is 4.35. The van der Waals surface area contributed by atoms with Gasteiger partial charge in [0.2, 0.25) is 0 Å². The zero-order valence-electron chi connectivity index (χ0n) is 10.4. The van der Waals surface area contributed by atoms with Crippen LogP contribution in [0.2, 0.25) is 0 Å². The highest BCUT2D eigenvalue weighted by Gasteiger charge is 2.08. The highest BCUT2D eigenvalue weighted by Crippen LogP contribution is 2.16. The SMILES string of the molecule is CCC(CSC)Nc1ccc(S(C)(=O)=O)cc1. The lowest BCUT2D eigenvalue weighted by Gasteiger charge is -2.17. The van der Waals surface area contributed by atoms with E-state index in [1.807, 2.05) is 12.1 Å². The van der Waals surface area contributed by atoms with Gasteiger partial charge in [-0.25, -0.2) is 8.42 Å². The van der Waals surface area contributed by atoms with E-state index in [2.05, 4.69) is 18.5 Å². The van der Waals surface area contributed by atoms with Gasteiger partial charge in [-0.15, -0.1) is 0 Å². The first kappa shape index (κ1) is 14.4. The molecule has 0 radical (unpaired) electrons. The fourth-order valence-corrected chi connectivity index (χ4v) is 2.85. The van der Waals surface area contributed by atoms with E-state index in [1.165, 1.54) is 6.26 Å². The summed E-state index contributed by atoms with van der Waals surface area (Å²) < 4.78 is 22.6. The molecule has 0 aromatic heterocycles. The van der Waals surface area contributed by atoms with E-state index in [0.717, 1.165) is 17.9 Å². The second-order valence-electron chi connectivity index (χ2n) is 4.00. The molecule has 3 nitrogen and oxygen atoms in total. The van der Waals surface area contributed by atoms with Gasteiger partial charge in [0.15, 0.2) is 9.84 Å². The maximum absolute atomic E-state index is 11.3. The lowest BCUT2D eigenvalue weighted by atomic mass is 10.2. The van der Waals surface area contributed by atoms with E-state index in [-0.39, 0.29) is 0 Å². The summed E-state index contributed by atoms with van der Waals surface area (Å²) in [7, 11) is -3.10. The highest BCUT2D eigenvalue weighted by atomic mass is 32.2. The molecule has 96 valence electrons. The molecule has 1 rings (SSSR count). The van der Waals surface area contributed by atoms with Crippen LogP contribution in [0.5, 0.6) is 0 Å². The van der Waals surface area contributed by atoms with Crippen LogP contribution in [-0.4, -0.2) is 32.7 Å². The zero-order chi connectivity index (χ0) is 12.9. The summed E-state index contributed by atoms with van der Waals surface area (Å²) in [6.45, 7) is 2.14. The van der Waals surface area contributed by atoms with E-state index in [4.69, 9.17) is 0 Å². The van der Waals surface area contributed by atoms with Crippen LogP contribution in [0.1, 0.15) is 13.3 Å². The molecule has 1 atom stereocenters. The van der Waals surface area contributed by atoms with Gasteiger partial charge in [0.25, 0.3) is 0 Å². The maximum atomic E-state index is 11.3. The Kier molecular flexibility index (Phi) is 5.33. The molecule has 5 heteroatoms. The number of rotatable bonds is 6. The topological polar surface area (TPSA) is 46.2 Å². The Morgan fingerprint density at radius 3 is 2.29 bits per heavy atom. The number of nitrogens with one attached hydrogen (secondary N) is 1. The van der Waals surface area contributed by atoms with Gasteiger partial charge in [-0.05, 0) is 36.9 Å². The minimum absolute atomic E-state index is 0.362. The molecule has 0 amide bonds. The Morgan fingerprint density at radius 2 is 1.88 bits per heavy atom. The number of anilines is 1. The normalized spacial score (nSPS) is 13.4. The molecular formula is C12H19NO2S2. The van der Waals surface area contributed by atoms with Crippen LogP contribution in [0.3, 0.4) is 0 Å². The van der Waals surface area contributed by atoms with Gasteiger partial charge in [0.1, 0.15) is 0 Å². The molecule has 1 aromatic carbocycles. The predicted molar refractivity (Wildman–Crippen MR) is 75.6 cm³/mol. The van der Waals surface area contributed by atoms with E-state index in [0.29, 0.717) is 10.9 Å². The Bertz CT molecular complexity index is 440. The molecule has 1 unspecified atom stereocenters. The van der Waals surface area contributed by atoms with E-state index in [1.54, 1.807) is 23.9 Å². The van der Waals surface area contributed by atoms with Gasteiger partial charge in [0.05, 0.1) is 4.90 Å². The summed E-state index contributed by atoms with van der Waals surface area (Å²) in [6, 6.07) is 7.35. The average molecular weight is 273 g/mol. The number of hydrogen-bond donors (Lipinski definition) is 1. The summed E-state index contributed by atoms with van der Waals surface area (Å²) in [5, 5.41) is 3.39. The largest absolute Gasteiger partial charge is 0.381 e. The van der Waals surface area contributed by atoms with Crippen molar-refractivity contribution >= 4 is 27.3 Å². The van der Waals surface area contributed by atoms with Gasteiger partial charge in [-0.2, -0.15) is 11.8 Å². The van der Waals surface area contributed by atoms with Crippen LogP contribution in [0.4, 0.5) is 5.69 Å². The molecule has 0 bridgehead atoms. The molecule has 1 N–H and O–H groups in total. The first-order valence-electron chi connectivity index (χ1n) is 5.53. The molecule has 17 heavy (non-hydrogen) atoms. The van der Waals surface area contributed by atoms with Gasteiger partial charge >= 0.3 is 0 Å². The van der Waals surface area contributed by atoms with Gasteiger partial charge in [0, 0.05) is 23.7 Å².